The van der Waals surface area contributed by atoms with Gasteiger partial charge >= 0.3 is 0 Å². The van der Waals surface area contributed by atoms with Crippen molar-refractivity contribution in [1.29, 1.82) is 0 Å². The topological polar surface area (TPSA) is 0 Å². The Balaban J connectivity index is 2.39. The fourth-order valence-corrected chi connectivity index (χ4v) is 4.96. The van der Waals surface area contributed by atoms with Crippen molar-refractivity contribution in [3.63, 3.8) is 0 Å². The molecule has 1 aliphatic rings. The van der Waals surface area contributed by atoms with Crippen molar-refractivity contribution in [2.75, 3.05) is 0 Å². The number of thioether (sulfide) groups is 1. The van der Waals surface area contributed by atoms with Gasteiger partial charge in [0, 0.05) is 0 Å². The van der Waals surface area contributed by atoms with Crippen LogP contribution in [-0.4, -0.2) is 8.32 Å². The van der Waals surface area contributed by atoms with E-state index in [2.05, 4.69) is 38.8 Å². The zero-order chi connectivity index (χ0) is 6.15. The van der Waals surface area contributed by atoms with Gasteiger partial charge in [-0.25, -0.2) is 0 Å². The third kappa shape index (κ3) is 1.64. The van der Waals surface area contributed by atoms with Crippen molar-refractivity contribution in [1.82, 2.24) is 0 Å². The van der Waals surface area contributed by atoms with Gasteiger partial charge in [0.15, 0.2) is 0 Å². The Morgan fingerprint density at radius 3 is 2.25 bits per heavy atom. The minimum Gasteiger partial charge on any atom is -0.132 e. The standard InChI is InChI=1S/C5H8Br2S/c1-3-2-4(6)8-5(3)7/h3-5H,2H2,1H3. The van der Waals surface area contributed by atoms with E-state index in [1.165, 1.54) is 6.42 Å². The second kappa shape index (κ2) is 2.93. The summed E-state index contributed by atoms with van der Waals surface area (Å²) in [4.78, 5) is 0. The van der Waals surface area contributed by atoms with Crippen LogP contribution in [0.2, 0.25) is 0 Å². The van der Waals surface area contributed by atoms with Crippen molar-refractivity contribution >= 4 is 43.6 Å². The Labute approximate surface area is 71.1 Å². The van der Waals surface area contributed by atoms with Crippen LogP contribution in [0, 0.1) is 5.92 Å². The van der Waals surface area contributed by atoms with Gasteiger partial charge in [0.2, 0.25) is 0 Å². The van der Waals surface area contributed by atoms with E-state index < -0.39 is 0 Å². The first kappa shape index (κ1) is 7.42. The minimum absolute atomic E-state index is 0.673. The molecule has 0 aliphatic carbocycles. The van der Waals surface area contributed by atoms with Crippen molar-refractivity contribution in [2.45, 2.75) is 21.7 Å². The summed E-state index contributed by atoms with van der Waals surface area (Å²) in [7, 11) is 0. The fraction of sp³-hybridized carbons (Fsp3) is 1.00. The first-order valence-electron chi connectivity index (χ1n) is 2.64. The quantitative estimate of drug-likeness (QED) is 0.602. The number of hydrogen-bond donors (Lipinski definition) is 0. The molecule has 0 aromatic heterocycles. The maximum Gasteiger partial charge on any atom is 0.0637 e. The van der Waals surface area contributed by atoms with E-state index in [-0.39, 0.29) is 0 Å². The third-order valence-corrected chi connectivity index (χ3v) is 5.07. The lowest BCUT2D eigenvalue weighted by molar-refractivity contribution is 0.644. The zero-order valence-corrected chi connectivity index (χ0v) is 8.59. The molecule has 0 aromatic rings. The van der Waals surface area contributed by atoms with Crippen LogP contribution < -0.4 is 0 Å². The predicted molar refractivity (Wildman–Crippen MR) is 46.8 cm³/mol. The summed E-state index contributed by atoms with van der Waals surface area (Å²) < 4.78 is 1.36. The van der Waals surface area contributed by atoms with E-state index in [1.807, 2.05) is 11.8 Å². The molecule has 3 unspecified atom stereocenters. The predicted octanol–water partition coefficient (Wildman–Crippen LogP) is 3.20. The molecular formula is C5H8Br2S. The number of hydrogen-bond acceptors (Lipinski definition) is 1. The summed E-state index contributed by atoms with van der Waals surface area (Å²) in [5.41, 5.74) is 0. The van der Waals surface area contributed by atoms with Gasteiger partial charge in [-0.1, -0.05) is 38.8 Å². The van der Waals surface area contributed by atoms with Crippen LogP contribution in [0.1, 0.15) is 13.3 Å². The van der Waals surface area contributed by atoms with Gasteiger partial charge < -0.3 is 0 Å². The number of rotatable bonds is 0. The molecule has 0 radical (unpaired) electrons. The van der Waals surface area contributed by atoms with Crippen LogP contribution in [0.15, 0.2) is 0 Å². The molecule has 0 nitrogen and oxygen atoms in total. The highest BCUT2D eigenvalue weighted by Gasteiger charge is 2.27. The molecule has 0 spiro atoms. The van der Waals surface area contributed by atoms with Gasteiger partial charge in [-0.05, 0) is 12.3 Å². The molecule has 8 heavy (non-hydrogen) atoms. The van der Waals surface area contributed by atoms with Gasteiger partial charge in [0.05, 0.1) is 8.32 Å². The summed E-state index contributed by atoms with van der Waals surface area (Å²) in [6.45, 7) is 2.27. The molecule has 1 rings (SSSR count). The highest BCUT2D eigenvalue weighted by molar-refractivity contribution is 9.13. The normalized spacial score (nSPS) is 47.6. The molecular weight excluding hydrogens is 252 g/mol. The molecule has 0 amide bonds. The summed E-state index contributed by atoms with van der Waals surface area (Å²) >= 11 is 9.09. The highest BCUT2D eigenvalue weighted by atomic mass is 79.9. The Morgan fingerprint density at radius 1 is 1.50 bits per heavy atom. The van der Waals surface area contributed by atoms with Crippen LogP contribution in [-0.2, 0) is 0 Å². The second-order valence-electron chi connectivity index (χ2n) is 2.11. The molecule has 1 heterocycles. The summed E-state index contributed by atoms with van der Waals surface area (Å²) in [5, 5.41) is 0. The van der Waals surface area contributed by atoms with E-state index in [9.17, 15) is 0 Å². The van der Waals surface area contributed by atoms with Crippen molar-refractivity contribution in [2.24, 2.45) is 5.92 Å². The van der Waals surface area contributed by atoms with E-state index in [0.29, 0.717) is 8.32 Å². The summed E-state index contributed by atoms with van der Waals surface area (Å²) in [6.07, 6.45) is 1.29. The van der Waals surface area contributed by atoms with Crippen molar-refractivity contribution in [3.05, 3.63) is 0 Å². The van der Waals surface area contributed by atoms with Gasteiger partial charge in [0.25, 0.3) is 0 Å². The lowest BCUT2D eigenvalue weighted by Crippen LogP contribution is -1.96. The van der Waals surface area contributed by atoms with Crippen LogP contribution in [0.25, 0.3) is 0 Å². The molecule has 1 saturated heterocycles. The molecule has 1 aliphatic heterocycles. The molecule has 48 valence electrons. The molecule has 3 atom stereocenters. The Morgan fingerprint density at radius 2 is 2.12 bits per heavy atom. The van der Waals surface area contributed by atoms with Crippen molar-refractivity contribution < 1.29 is 0 Å². The number of halogens is 2. The van der Waals surface area contributed by atoms with Gasteiger partial charge in [0.1, 0.15) is 0 Å². The molecule has 0 aromatic carbocycles. The second-order valence-corrected chi connectivity index (χ2v) is 6.76. The van der Waals surface area contributed by atoms with Gasteiger partial charge in [-0.2, -0.15) is 0 Å². The summed E-state index contributed by atoms with van der Waals surface area (Å²) in [6, 6.07) is 0. The zero-order valence-electron chi connectivity index (χ0n) is 4.60. The average Bonchev–Trinajstić information content (AvgIpc) is 1.85. The van der Waals surface area contributed by atoms with Crippen LogP contribution in [0.4, 0.5) is 0 Å². The smallest absolute Gasteiger partial charge is 0.0637 e. The van der Waals surface area contributed by atoms with E-state index in [0.717, 1.165) is 5.92 Å². The van der Waals surface area contributed by atoms with Gasteiger partial charge in [-0.15, -0.1) is 11.8 Å². The van der Waals surface area contributed by atoms with E-state index in [1.54, 1.807) is 0 Å². The molecule has 0 N–H and O–H groups in total. The molecule has 0 bridgehead atoms. The Bertz CT molecular complexity index is 76.5. The first-order valence-corrected chi connectivity index (χ1v) is 5.41. The maximum atomic E-state index is 3.58. The van der Waals surface area contributed by atoms with E-state index >= 15 is 0 Å². The number of alkyl halides is 2. The largest absolute Gasteiger partial charge is 0.132 e. The summed E-state index contributed by atoms with van der Waals surface area (Å²) in [5.74, 6) is 0.823. The van der Waals surface area contributed by atoms with Gasteiger partial charge in [-0.3, -0.25) is 0 Å². The maximum absolute atomic E-state index is 3.58. The lowest BCUT2D eigenvalue weighted by Gasteiger charge is -2.01. The molecule has 1 fully saturated rings. The highest BCUT2D eigenvalue weighted by Crippen LogP contribution is 2.44. The molecule has 0 saturated carbocycles. The van der Waals surface area contributed by atoms with E-state index in [4.69, 9.17) is 0 Å². The van der Waals surface area contributed by atoms with Crippen molar-refractivity contribution in [3.8, 4) is 0 Å². The lowest BCUT2D eigenvalue weighted by atomic mass is 10.2. The fourth-order valence-electron chi connectivity index (χ4n) is 0.730. The Hall–Kier alpha value is 1.31. The molecule has 3 heteroatoms. The van der Waals surface area contributed by atoms with Crippen LogP contribution in [0.3, 0.4) is 0 Å². The first-order chi connectivity index (χ1) is 3.70. The Kier molecular flexibility index (Phi) is 2.72. The van der Waals surface area contributed by atoms with Crippen LogP contribution in [0.5, 0.6) is 0 Å². The SMILES string of the molecule is CC1CC(Br)SC1Br. The third-order valence-electron chi connectivity index (χ3n) is 1.28. The monoisotopic (exact) mass is 258 g/mol. The average molecular weight is 260 g/mol. The minimum atomic E-state index is 0.673. The van der Waals surface area contributed by atoms with Crippen LogP contribution >= 0.6 is 43.6 Å².